The first-order chi connectivity index (χ1) is 6.17. The third-order valence-electron chi connectivity index (χ3n) is 3.14. The predicted octanol–water partition coefficient (Wildman–Crippen LogP) is 1.48. The number of aryl methyl sites for hydroxylation is 1. The minimum absolute atomic E-state index is 0.410. The number of aromatic nitrogens is 2. The van der Waals surface area contributed by atoms with Gasteiger partial charge in [-0.3, -0.25) is 0 Å². The van der Waals surface area contributed by atoms with E-state index in [1.165, 1.54) is 12.8 Å². The zero-order valence-electron chi connectivity index (χ0n) is 8.54. The summed E-state index contributed by atoms with van der Waals surface area (Å²) in [6.07, 6.45) is 6.49. The van der Waals surface area contributed by atoms with E-state index < -0.39 is 0 Å². The molecular formula is C10H17N3. The van der Waals surface area contributed by atoms with E-state index in [0.717, 1.165) is 5.82 Å². The van der Waals surface area contributed by atoms with Crippen molar-refractivity contribution in [3.05, 3.63) is 18.2 Å². The van der Waals surface area contributed by atoms with Gasteiger partial charge in [0.25, 0.3) is 0 Å². The first-order valence-electron chi connectivity index (χ1n) is 4.82. The van der Waals surface area contributed by atoms with Crippen LogP contribution in [0.15, 0.2) is 12.4 Å². The number of imidazole rings is 1. The second-order valence-corrected chi connectivity index (χ2v) is 4.27. The fourth-order valence-electron chi connectivity index (χ4n) is 1.93. The standard InChI is InChI=1S/C10H17N3/c1-10(4-5-10)8(11-2)9-12-6-7-13(9)3/h6-8,11H,4-5H2,1-3H3. The van der Waals surface area contributed by atoms with Gasteiger partial charge in [-0.25, -0.2) is 4.98 Å². The summed E-state index contributed by atoms with van der Waals surface area (Å²) in [5.41, 5.74) is 0.438. The Labute approximate surface area is 79.2 Å². The molecule has 1 aromatic rings. The van der Waals surface area contributed by atoms with Crippen molar-refractivity contribution in [1.29, 1.82) is 0 Å². The summed E-state index contributed by atoms with van der Waals surface area (Å²) in [6, 6.07) is 0.410. The van der Waals surface area contributed by atoms with Crippen LogP contribution in [0.3, 0.4) is 0 Å². The molecule has 1 heterocycles. The third-order valence-corrected chi connectivity index (χ3v) is 3.14. The van der Waals surface area contributed by atoms with Crippen molar-refractivity contribution < 1.29 is 0 Å². The van der Waals surface area contributed by atoms with Crippen LogP contribution in [0.4, 0.5) is 0 Å². The number of nitrogens with one attached hydrogen (secondary N) is 1. The molecule has 1 aliphatic carbocycles. The Balaban J connectivity index is 2.27. The van der Waals surface area contributed by atoms with Gasteiger partial charge in [0.1, 0.15) is 5.82 Å². The van der Waals surface area contributed by atoms with Crippen LogP contribution in [0, 0.1) is 5.41 Å². The van der Waals surface area contributed by atoms with Crippen molar-refractivity contribution in [3.63, 3.8) is 0 Å². The highest BCUT2D eigenvalue weighted by molar-refractivity contribution is 5.10. The van der Waals surface area contributed by atoms with E-state index in [-0.39, 0.29) is 0 Å². The van der Waals surface area contributed by atoms with Gasteiger partial charge in [0.15, 0.2) is 0 Å². The minimum atomic E-state index is 0.410. The summed E-state index contributed by atoms with van der Waals surface area (Å²) in [4.78, 5) is 4.39. The number of hydrogen-bond donors (Lipinski definition) is 1. The maximum atomic E-state index is 4.39. The van der Waals surface area contributed by atoms with Crippen molar-refractivity contribution >= 4 is 0 Å². The van der Waals surface area contributed by atoms with E-state index in [4.69, 9.17) is 0 Å². The molecule has 1 unspecified atom stereocenters. The number of rotatable bonds is 3. The molecule has 0 radical (unpaired) electrons. The first-order valence-corrected chi connectivity index (χ1v) is 4.82. The second kappa shape index (κ2) is 2.84. The van der Waals surface area contributed by atoms with Crippen molar-refractivity contribution in [2.45, 2.75) is 25.8 Å². The van der Waals surface area contributed by atoms with Gasteiger partial charge in [-0.15, -0.1) is 0 Å². The van der Waals surface area contributed by atoms with Crippen LogP contribution in [0.5, 0.6) is 0 Å². The molecule has 3 heteroatoms. The molecule has 72 valence electrons. The lowest BCUT2D eigenvalue weighted by Gasteiger charge is -2.22. The summed E-state index contributed by atoms with van der Waals surface area (Å²) in [7, 11) is 4.07. The topological polar surface area (TPSA) is 29.9 Å². The van der Waals surface area contributed by atoms with E-state index in [1.807, 2.05) is 19.4 Å². The molecule has 0 amide bonds. The van der Waals surface area contributed by atoms with Crippen molar-refractivity contribution in [2.75, 3.05) is 7.05 Å². The van der Waals surface area contributed by atoms with Gasteiger partial charge in [0, 0.05) is 19.4 Å². The Morgan fingerprint density at radius 3 is 2.69 bits per heavy atom. The minimum Gasteiger partial charge on any atom is -0.337 e. The molecule has 3 nitrogen and oxygen atoms in total. The Hall–Kier alpha value is -0.830. The van der Waals surface area contributed by atoms with Gasteiger partial charge in [-0.1, -0.05) is 6.92 Å². The van der Waals surface area contributed by atoms with E-state index in [1.54, 1.807) is 0 Å². The summed E-state index contributed by atoms with van der Waals surface area (Å²) in [5, 5.41) is 3.36. The molecule has 0 aliphatic heterocycles. The fourth-order valence-corrected chi connectivity index (χ4v) is 1.93. The lowest BCUT2D eigenvalue weighted by atomic mass is 9.98. The third kappa shape index (κ3) is 1.37. The summed E-state index contributed by atoms with van der Waals surface area (Å²) in [5.74, 6) is 1.16. The SMILES string of the molecule is CNC(c1nccn1C)C1(C)CC1. The Morgan fingerprint density at radius 1 is 1.62 bits per heavy atom. The fraction of sp³-hybridized carbons (Fsp3) is 0.700. The van der Waals surface area contributed by atoms with Gasteiger partial charge in [0.05, 0.1) is 6.04 Å². The molecule has 0 aromatic carbocycles. The quantitative estimate of drug-likeness (QED) is 0.761. The Kier molecular flexibility index (Phi) is 1.91. The van der Waals surface area contributed by atoms with Crippen molar-refractivity contribution in [3.8, 4) is 0 Å². The summed E-state index contributed by atoms with van der Waals surface area (Å²) >= 11 is 0. The van der Waals surface area contributed by atoms with Crippen LogP contribution in [0.25, 0.3) is 0 Å². The van der Waals surface area contributed by atoms with Crippen LogP contribution in [0.1, 0.15) is 31.6 Å². The molecule has 1 atom stereocenters. The highest BCUT2D eigenvalue weighted by Gasteiger charge is 2.46. The first kappa shape index (κ1) is 8.75. The van der Waals surface area contributed by atoms with E-state index in [0.29, 0.717) is 11.5 Å². The number of nitrogens with zero attached hydrogens (tertiary/aromatic N) is 2. The van der Waals surface area contributed by atoms with Crippen LogP contribution < -0.4 is 5.32 Å². The second-order valence-electron chi connectivity index (χ2n) is 4.27. The van der Waals surface area contributed by atoms with Gasteiger partial charge in [-0.05, 0) is 25.3 Å². The predicted molar refractivity (Wildman–Crippen MR) is 52.3 cm³/mol. The van der Waals surface area contributed by atoms with E-state index in [2.05, 4.69) is 28.8 Å². The monoisotopic (exact) mass is 179 g/mol. The van der Waals surface area contributed by atoms with Crippen LogP contribution >= 0.6 is 0 Å². The van der Waals surface area contributed by atoms with Crippen molar-refractivity contribution in [1.82, 2.24) is 14.9 Å². The van der Waals surface area contributed by atoms with Crippen molar-refractivity contribution in [2.24, 2.45) is 12.5 Å². The molecule has 1 fully saturated rings. The normalized spacial score (nSPS) is 21.5. The van der Waals surface area contributed by atoms with Crippen LogP contribution in [-0.2, 0) is 7.05 Å². The molecular weight excluding hydrogens is 162 g/mol. The smallest absolute Gasteiger partial charge is 0.126 e. The maximum Gasteiger partial charge on any atom is 0.126 e. The zero-order chi connectivity index (χ0) is 9.47. The summed E-state index contributed by atoms with van der Waals surface area (Å²) < 4.78 is 2.10. The number of hydrogen-bond acceptors (Lipinski definition) is 2. The van der Waals surface area contributed by atoms with Gasteiger partial charge >= 0.3 is 0 Å². The van der Waals surface area contributed by atoms with Gasteiger partial charge in [-0.2, -0.15) is 0 Å². The molecule has 1 saturated carbocycles. The van der Waals surface area contributed by atoms with E-state index >= 15 is 0 Å². The lowest BCUT2D eigenvalue weighted by Crippen LogP contribution is -2.27. The Morgan fingerprint density at radius 2 is 2.31 bits per heavy atom. The molecule has 1 aromatic heterocycles. The zero-order valence-corrected chi connectivity index (χ0v) is 8.54. The molecule has 0 saturated heterocycles. The molecule has 13 heavy (non-hydrogen) atoms. The molecule has 0 spiro atoms. The molecule has 2 rings (SSSR count). The maximum absolute atomic E-state index is 4.39. The molecule has 1 N–H and O–H groups in total. The summed E-state index contributed by atoms with van der Waals surface area (Å²) in [6.45, 7) is 2.32. The van der Waals surface area contributed by atoms with Gasteiger partial charge < -0.3 is 9.88 Å². The average molecular weight is 179 g/mol. The van der Waals surface area contributed by atoms with Crippen LogP contribution in [-0.4, -0.2) is 16.6 Å². The lowest BCUT2D eigenvalue weighted by molar-refractivity contribution is 0.366. The largest absolute Gasteiger partial charge is 0.337 e. The highest BCUT2D eigenvalue weighted by Crippen LogP contribution is 2.53. The molecule has 1 aliphatic rings. The molecule has 0 bridgehead atoms. The van der Waals surface area contributed by atoms with E-state index in [9.17, 15) is 0 Å². The van der Waals surface area contributed by atoms with Gasteiger partial charge in [0.2, 0.25) is 0 Å². The van der Waals surface area contributed by atoms with Crippen LogP contribution in [0.2, 0.25) is 0 Å². The average Bonchev–Trinajstić information content (AvgIpc) is 2.69. The Bertz CT molecular complexity index is 299. The highest BCUT2D eigenvalue weighted by atomic mass is 15.1.